The predicted octanol–water partition coefficient (Wildman–Crippen LogP) is 1.79. The molecule has 0 bridgehead atoms. The van der Waals surface area contributed by atoms with Crippen molar-refractivity contribution in [2.24, 2.45) is 5.18 Å². The van der Waals surface area contributed by atoms with Crippen molar-refractivity contribution in [3.63, 3.8) is 0 Å². The van der Waals surface area contributed by atoms with E-state index in [-0.39, 0.29) is 5.82 Å². The first-order valence-electron chi connectivity index (χ1n) is 2.59. The van der Waals surface area contributed by atoms with Gasteiger partial charge in [0.1, 0.15) is 0 Å². The average Bonchev–Trinajstić information content (AvgIpc) is 1.90. The molecule has 0 unspecified atom stereocenters. The number of hydrogen-bond acceptors (Lipinski definition) is 3. The lowest BCUT2D eigenvalue weighted by Crippen LogP contribution is -1.73. The van der Waals surface area contributed by atoms with Crippen LogP contribution >= 0.6 is 0 Å². The summed E-state index contributed by atoms with van der Waals surface area (Å²) >= 11 is 0. The zero-order valence-corrected chi connectivity index (χ0v) is 5.03. The maximum Gasteiger partial charge on any atom is 0.196 e. The van der Waals surface area contributed by atoms with E-state index in [0.29, 0.717) is 0 Å². The second kappa shape index (κ2) is 2.35. The summed E-state index contributed by atoms with van der Waals surface area (Å²) < 4.78 is 0. The zero-order chi connectivity index (χ0) is 6.69. The molecule has 0 N–H and O–H groups in total. The number of nitrogens with zero attached hydrogens (tertiary/aromatic N) is 2. The monoisotopic (exact) mass is 122 g/mol. The Hall–Kier alpha value is -1.25. The lowest BCUT2D eigenvalue weighted by molar-refractivity contribution is 1.23. The highest BCUT2D eigenvalue weighted by molar-refractivity contribution is 5.27. The Morgan fingerprint density at radius 3 is 2.78 bits per heavy atom. The third kappa shape index (κ3) is 1.32. The maximum atomic E-state index is 9.81. The first kappa shape index (κ1) is 5.88. The van der Waals surface area contributed by atoms with Crippen molar-refractivity contribution in [2.75, 3.05) is 0 Å². The number of rotatable bonds is 1. The maximum absolute atomic E-state index is 9.81. The van der Waals surface area contributed by atoms with Crippen molar-refractivity contribution >= 4 is 5.82 Å². The van der Waals surface area contributed by atoms with E-state index < -0.39 is 0 Å². The van der Waals surface area contributed by atoms with Crippen molar-refractivity contribution in [3.8, 4) is 0 Å². The van der Waals surface area contributed by atoms with Crippen LogP contribution in [0.3, 0.4) is 0 Å². The molecule has 0 atom stereocenters. The molecule has 9 heavy (non-hydrogen) atoms. The van der Waals surface area contributed by atoms with Gasteiger partial charge in [-0.3, -0.25) is 0 Å². The number of nitroso groups, excluding NO2 is 1. The fraction of sp³-hybridized carbons (Fsp3) is 0.167. The summed E-state index contributed by atoms with van der Waals surface area (Å²) in [6, 6.07) is 3.38. The van der Waals surface area contributed by atoms with Crippen molar-refractivity contribution in [2.45, 2.75) is 6.92 Å². The average molecular weight is 122 g/mol. The molecule has 3 nitrogen and oxygen atoms in total. The number of pyridine rings is 1. The van der Waals surface area contributed by atoms with E-state index in [1.54, 1.807) is 18.3 Å². The minimum Gasteiger partial charge on any atom is -0.234 e. The molecule has 0 saturated carbocycles. The summed E-state index contributed by atoms with van der Waals surface area (Å²) in [4.78, 5) is 13.5. The number of aryl methyl sites for hydroxylation is 1. The van der Waals surface area contributed by atoms with E-state index in [0.717, 1.165) is 5.56 Å². The molecule has 1 aromatic heterocycles. The van der Waals surface area contributed by atoms with Crippen LogP contribution in [0.2, 0.25) is 0 Å². The first-order valence-corrected chi connectivity index (χ1v) is 2.59. The van der Waals surface area contributed by atoms with Gasteiger partial charge < -0.3 is 0 Å². The molecule has 0 amide bonds. The van der Waals surface area contributed by atoms with E-state index >= 15 is 0 Å². The van der Waals surface area contributed by atoms with Gasteiger partial charge in [0.2, 0.25) is 0 Å². The van der Waals surface area contributed by atoms with Gasteiger partial charge in [-0.2, -0.15) is 0 Å². The van der Waals surface area contributed by atoms with Crippen LogP contribution in [-0.2, 0) is 0 Å². The van der Waals surface area contributed by atoms with Gasteiger partial charge in [0.15, 0.2) is 5.82 Å². The van der Waals surface area contributed by atoms with Crippen LogP contribution < -0.4 is 0 Å². The Balaban J connectivity index is 3.01. The highest BCUT2D eigenvalue weighted by atomic mass is 16.3. The van der Waals surface area contributed by atoms with Crippen LogP contribution in [0, 0.1) is 11.8 Å². The van der Waals surface area contributed by atoms with Gasteiger partial charge in [-0.25, -0.2) is 4.98 Å². The van der Waals surface area contributed by atoms with Gasteiger partial charge in [0.25, 0.3) is 0 Å². The third-order valence-corrected chi connectivity index (χ3v) is 0.989. The van der Waals surface area contributed by atoms with E-state index in [2.05, 4.69) is 10.2 Å². The molecule has 0 spiro atoms. The van der Waals surface area contributed by atoms with Gasteiger partial charge in [-0.1, -0.05) is 6.07 Å². The highest BCUT2D eigenvalue weighted by Gasteiger charge is 1.87. The Bertz CT molecular complexity index is 205. The molecule has 1 rings (SSSR count). The summed E-state index contributed by atoms with van der Waals surface area (Å²) in [6.45, 7) is 1.90. The van der Waals surface area contributed by atoms with E-state index in [4.69, 9.17) is 0 Å². The summed E-state index contributed by atoms with van der Waals surface area (Å²) in [5.74, 6) is 0.237. The van der Waals surface area contributed by atoms with Crippen LogP contribution in [0.25, 0.3) is 0 Å². The molecule has 0 aliphatic heterocycles. The van der Waals surface area contributed by atoms with Gasteiger partial charge in [0, 0.05) is 6.20 Å². The quantitative estimate of drug-likeness (QED) is 0.533. The minimum atomic E-state index is 0.237. The van der Waals surface area contributed by atoms with Crippen LogP contribution in [-0.4, -0.2) is 4.98 Å². The van der Waals surface area contributed by atoms with Crippen LogP contribution in [0.4, 0.5) is 5.82 Å². The molecule has 0 aliphatic rings. The van der Waals surface area contributed by atoms with Crippen LogP contribution in [0.15, 0.2) is 23.5 Å². The summed E-state index contributed by atoms with van der Waals surface area (Å²) in [7, 11) is 0. The topological polar surface area (TPSA) is 42.3 Å². The fourth-order valence-electron chi connectivity index (χ4n) is 0.514. The SMILES string of the molecule is Cc1ccc(N=O)nc1. The van der Waals surface area contributed by atoms with E-state index in [9.17, 15) is 4.91 Å². The number of aromatic nitrogens is 1. The summed E-state index contributed by atoms with van der Waals surface area (Å²) in [5.41, 5.74) is 1.03. The van der Waals surface area contributed by atoms with Crippen LogP contribution in [0.1, 0.15) is 5.56 Å². The Labute approximate surface area is 52.7 Å². The Kier molecular flexibility index (Phi) is 1.53. The zero-order valence-electron chi connectivity index (χ0n) is 5.03. The molecule has 0 radical (unpaired) electrons. The van der Waals surface area contributed by atoms with Crippen molar-refractivity contribution in [1.29, 1.82) is 0 Å². The van der Waals surface area contributed by atoms with Crippen molar-refractivity contribution in [1.82, 2.24) is 4.98 Å². The lowest BCUT2D eigenvalue weighted by atomic mass is 10.3. The van der Waals surface area contributed by atoms with Gasteiger partial charge in [-0.05, 0) is 23.7 Å². The molecular formula is C6H6N2O. The first-order chi connectivity index (χ1) is 4.33. The van der Waals surface area contributed by atoms with Gasteiger partial charge in [0.05, 0.1) is 0 Å². The highest BCUT2D eigenvalue weighted by Crippen LogP contribution is 2.05. The molecule has 0 saturated heterocycles. The third-order valence-electron chi connectivity index (χ3n) is 0.989. The van der Waals surface area contributed by atoms with Gasteiger partial charge >= 0.3 is 0 Å². The molecule has 3 heteroatoms. The summed E-state index contributed by atoms with van der Waals surface area (Å²) in [5, 5.41) is 2.65. The second-order valence-corrected chi connectivity index (χ2v) is 1.79. The molecule has 1 aromatic rings. The fourth-order valence-corrected chi connectivity index (χ4v) is 0.514. The summed E-state index contributed by atoms with van der Waals surface area (Å²) in [6.07, 6.45) is 1.61. The second-order valence-electron chi connectivity index (χ2n) is 1.79. The molecule has 1 heterocycles. The van der Waals surface area contributed by atoms with E-state index in [1.165, 1.54) is 0 Å². The Morgan fingerprint density at radius 1 is 1.56 bits per heavy atom. The molecule has 0 fully saturated rings. The van der Waals surface area contributed by atoms with Crippen molar-refractivity contribution < 1.29 is 0 Å². The lowest BCUT2D eigenvalue weighted by Gasteiger charge is -1.87. The predicted molar refractivity (Wildman–Crippen MR) is 34.4 cm³/mol. The molecule has 46 valence electrons. The largest absolute Gasteiger partial charge is 0.234 e. The van der Waals surface area contributed by atoms with Crippen molar-refractivity contribution in [3.05, 3.63) is 28.8 Å². The van der Waals surface area contributed by atoms with Crippen LogP contribution in [0.5, 0.6) is 0 Å². The molecule has 0 aromatic carbocycles. The molecule has 0 aliphatic carbocycles. The standard InChI is InChI=1S/C6H6N2O/c1-5-2-3-6(8-9)7-4-5/h2-4H,1H3. The van der Waals surface area contributed by atoms with E-state index in [1.807, 2.05) is 6.92 Å². The Morgan fingerprint density at radius 2 is 2.33 bits per heavy atom. The number of hydrogen-bond donors (Lipinski definition) is 0. The smallest absolute Gasteiger partial charge is 0.196 e. The normalized spacial score (nSPS) is 9.00. The van der Waals surface area contributed by atoms with Gasteiger partial charge in [-0.15, -0.1) is 4.91 Å². The molecular weight excluding hydrogens is 116 g/mol. The minimum absolute atomic E-state index is 0.237.